The normalized spacial score (nSPS) is 32.0. The van der Waals surface area contributed by atoms with Gasteiger partial charge in [0.05, 0.1) is 5.57 Å². The third-order valence-corrected chi connectivity index (χ3v) is 3.09. The van der Waals surface area contributed by atoms with Crippen molar-refractivity contribution in [1.29, 1.82) is 0 Å². The molecule has 0 aromatic rings. The van der Waals surface area contributed by atoms with Crippen LogP contribution in [0.1, 0.15) is 46.0 Å². The van der Waals surface area contributed by atoms with Gasteiger partial charge in [0.25, 0.3) is 5.91 Å². The van der Waals surface area contributed by atoms with Crippen molar-refractivity contribution in [2.45, 2.75) is 51.7 Å². The number of carbonyl (C=O) groups is 1. The van der Waals surface area contributed by atoms with Crippen LogP contribution in [0, 0.1) is 0 Å². The molecule has 0 saturated heterocycles. The summed E-state index contributed by atoms with van der Waals surface area (Å²) in [6, 6.07) is 0. The van der Waals surface area contributed by atoms with Gasteiger partial charge in [0, 0.05) is 12.8 Å². The van der Waals surface area contributed by atoms with Gasteiger partial charge >= 0.3 is 0 Å². The van der Waals surface area contributed by atoms with Gasteiger partial charge in [-0.2, -0.15) is 0 Å². The van der Waals surface area contributed by atoms with Gasteiger partial charge in [-0.05, 0) is 26.2 Å². The average molecular weight is 195 g/mol. The molecule has 1 amide bonds. The molecule has 0 aromatic carbocycles. The Morgan fingerprint density at radius 3 is 2.86 bits per heavy atom. The molecule has 78 valence electrons. The SMILES string of the molecule is CC[C@]1(C)NC(=O)C2=C(CCCC2)O1. The van der Waals surface area contributed by atoms with Gasteiger partial charge in [-0.15, -0.1) is 0 Å². The van der Waals surface area contributed by atoms with Crippen molar-refractivity contribution in [1.82, 2.24) is 5.32 Å². The Kier molecular flexibility index (Phi) is 2.25. The largest absolute Gasteiger partial charge is 0.472 e. The van der Waals surface area contributed by atoms with Crippen molar-refractivity contribution in [2.75, 3.05) is 0 Å². The number of ether oxygens (including phenoxy) is 1. The minimum Gasteiger partial charge on any atom is -0.472 e. The molecule has 2 rings (SSSR count). The number of allylic oxidation sites excluding steroid dienone is 1. The van der Waals surface area contributed by atoms with E-state index in [1.165, 1.54) is 0 Å². The maximum absolute atomic E-state index is 11.8. The Bertz CT molecular complexity index is 296. The quantitative estimate of drug-likeness (QED) is 0.695. The standard InChI is InChI=1S/C11H17NO2/c1-3-11(2)12-10(13)8-6-4-5-7-9(8)14-11/h3-7H2,1-2H3,(H,12,13)/t11-/m1/s1. The smallest absolute Gasteiger partial charge is 0.253 e. The molecule has 0 aromatic heterocycles. The van der Waals surface area contributed by atoms with Crippen molar-refractivity contribution in [3.8, 4) is 0 Å². The van der Waals surface area contributed by atoms with Gasteiger partial charge in [0.15, 0.2) is 5.72 Å². The van der Waals surface area contributed by atoms with Gasteiger partial charge in [-0.1, -0.05) is 6.92 Å². The van der Waals surface area contributed by atoms with E-state index in [0.717, 1.165) is 43.4 Å². The molecule has 3 nitrogen and oxygen atoms in total. The number of rotatable bonds is 1. The lowest BCUT2D eigenvalue weighted by Crippen LogP contribution is -2.52. The number of amides is 1. The van der Waals surface area contributed by atoms with Gasteiger partial charge in [-0.25, -0.2) is 0 Å². The van der Waals surface area contributed by atoms with Crippen LogP contribution >= 0.6 is 0 Å². The molecule has 3 heteroatoms. The fourth-order valence-electron chi connectivity index (χ4n) is 2.00. The summed E-state index contributed by atoms with van der Waals surface area (Å²) >= 11 is 0. The summed E-state index contributed by atoms with van der Waals surface area (Å²) in [5, 5.41) is 2.92. The lowest BCUT2D eigenvalue weighted by atomic mass is 9.94. The molecule has 0 bridgehead atoms. The fourth-order valence-corrected chi connectivity index (χ4v) is 2.00. The van der Waals surface area contributed by atoms with E-state index >= 15 is 0 Å². The first kappa shape index (κ1) is 9.56. The van der Waals surface area contributed by atoms with Crippen molar-refractivity contribution >= 4 is 5.91 Å². The Balaban J connectivity index is 2.27. The number of hydrogen-bond acceptors (Lipinski definition) is 2. The molecule has 14 heavy (non-hydrogen) atoms. The monoisotopic (exact) mass is 195 g/mol. The van der Waals surface area contributed by atoms with Crippen molar-refractivity contribution in [3.05, 3.63) is 11.3 Å². The van der Waals surface area contributed by atoms with Crippen LogP contribution in [-0.2, 0) is 9.53 Å². The molecule has 0 fully saturated rings. The average Bonchev–Trinajstić information content (AvgIpc) is 2.18. The van der Waals surface area contributed by atoms with Crippen molar-refractivity contribution in [3.63, 3.8) is 0 Å². The summed E-state index contributed by atoms with van der Waals surface area (Å²) in [5.41, 5.74) is 0.398. The Labute approximate surface area is 84.5 Å². The first-order chi connectivity index (χ1) is 6.64. The molecular formula is C11H17NO2. The van der Waals surface area contributed by atoms with Crippen molar-refractivity contribution < 1.29 is 9.53 Å². The van der Waals surface area contributed by atoms with E-state index in [-0.39, 0.29) is 5.91 Å². The minimum atomic E-state index is -0.479. The second-order valence-electron chi connectivity index (χ2n) is 4.25. The van der Waals surface area contributed by atoms with E-state index in [4.69, 9.17) is 4.74 Å². The summed E-state index contributed by atoms with van der Waals surface area (Å²) in [4.78, 5) is 11.8. The zero-order valence-electron chi connectivity index (χ0n) is 8.85. The van der Waals surface area contributed by atoms with Crippen LogP contribution in [0.5, 0.6) is 0 Å². The molecule has 0 radical (unpaired) electrons. The molecule has 0 spiro atoms. The highest BCUT2D eigenvalue weighted by molar-refractivity contribution is 5.95. The van der Waals surface area contributed by atoms with E-state index in [1.54, 1.807) is 0 Å². The van der Waals surface area contributed by atoms with E-state index in [2.05, 4.69) is 5.32 Å². The van der Waals surface area contributed by atoms with Gasteiger partial charge in [0.1, 0.15) is 5.76 Å². The molecule has 0 saturated carbocycles. The Hall–Kier alpha value is -0.990. The lowest BCUT2D eigenvalue weighted by Gasteiger charge is -2.38. The highest BCUT2D eigenvalue weighted by Gasteiger charge is 2.36. The molecule has 0 unspecified atom stereocenters. The lowest BCUT2D eigenvalue weighted by molar-refractivity contribution is -0.131. The zero-order chi connectivity index (χ0) is 10.2. The van der Waals surface area contributed by atoms with Crippen molar-refractivity contribution in [2.24, 2.45) is 0 Å². The fraction of sp³-hybridized carbons (Fsp3) is 0.727. The third kappa shape index (κ3) is 1.51. The summed E-state index contributed by atoms with van der Waals surface area (Å²) in [6.45, 7) is 3.96. The molecule has 2 aliphatic rings. The number of carbonyl (C=O) groups excluding carboxylic acids is 1. The molecule has 1 N–H and O–H groups in total. The molecular weight excluding hydrogens is 178 g/mol. The third-order valence-electron chi connectivity index (χ3n) is 3.09. The Morgan fingerprint density at radius 1 is 1.43 bits per heavy atom. The molecule has 1 atom stereocenters. The Morgan fingerprint density at radius 2 is 2.14 bits per heavy atom. The van der Waals surface area contributed by atoms with Gasteiger partial charge in [-0.3, -0.25) is 4.79 Å². The summed E-state index contributed by atoms with van der Waals surface area (Å²) in [5.74, 6) is 1.01. The number of nitrogens with one attached hydrogen (secondary N) is 1. The topological polar surface area (TPSA) is 38.3 Å². The summed E-state index contributed by atoms with van der Waals surface area (Å²) < 4.78 is 5.85. The highest BCUT2D eigenvalue weighted by atomic mass is 16.5. The minimum absolute atomic E-state index is 0.0790. The second kappa shape index (κ2) is 3.30. The molecule has 1 aliphatic carbocycles. The summed E-state index contributed by atoms with van der Waals surface area (Å²) in [7, 11) is 0. The predicted octanol–water partition coefficient (Wildman–Crippen LogP) is 2.09. The highest BCUT2D eigenvalue weighted by Crippen LogP contribution is 2.33. The van der Waals surface area contributed by atoms with Crippen LogP contribution in [0.4, 0.5) is 0 Å². The maximum atomic E-state index is 11.8. The molecule has 1 heterocycles. The van der Waals surface area contributed by atoms with Gasteiger partial charge < -0.3 is 10.1 Å². The van der Waals surface area contributed by atoms with Crippen LogP contribution in [0.25, 0.3) is 0 Å². The first-order valence-corrected chi connectivity index (χ1v) is 5.38. The van der Waals surface area contributed by atoms with Crippen LogP contribution in [-0.4, -0.2) is 11.6 Å². The zero-order valence-corrected chi connectivity index (χ0v) is 8.85. The van der Waals surface area contributed by atoms with Crippen LogP contribution in [0.15, 0.2) is 11.3 Å². The van der Waals surface area contributed by atoms with Crippen LogP contribution in [0.2, 0.25) is 0 Å². The van der Waals surface area contributed by atoms with E-state index in [1.807, 2.05) is 13.8 Å². The predicted molar refractivity (Wildman–Crippen MR) is 53.4 cm³/mol. The maximum Gasteiger partial charge on any atom is 0.253 e. The van der Waals surface area contributed by atoms with Crippen LogP contribution < -0.4 is 5.32 Å². The molecule has 1 aliphatic heterocycles. The first-order valence-electron chi connectivity index (χ1n) is 5.38. The summed E-state index contributed by atoms with van der Waals surface area (Å²) in [6.07, 6.45) is 4.86. The van der Waals surface area contributed by atoms with E-state index < -0.39 is 5.72 Å². The van der Waals surface area contributed by atoms with E-state index in [0.29, 0.717) is 0 Å². The number of hydrogen-bond donors (Lipinski definition) is 1. The van der Waals surface area contributed by atoms with Crippen LogP contribution in [0.3, 0.4) is 0 Å². The van der Waals surface area contributed by atoms with E-state index in [9.17, 15) is 4.79 Å². The second-order valence-corrected chi connectivity index (χ2v) is 4.25. The van der Waals surface area contributed by atoms with Gasteiger partial charge in [0.2, 0.25) is 0 Å².